The fourth-order valence-corrected chi connectivity index (χ4v) is 2.79. The summed E-state index contributed by atoms with van der Waals surface area (Å²) in [6, 6.07) is 4.62. The molecule has 2 rings (SSSR count). The first-order valence-electron chi connectivity index (χ1n) is 6.59. The van der Waals surface area contributed by atoms with E-state index >= 15 is 0 Å². The van der Waals surface area contributed by atoms with E-state index in [2.05, 4.69) is 29.8 Å². The minimum absolute atomic E-state index is 0.196. The quantitative estimate of drug-likeness (QED) is 0.799. The van der Waals surface area contributed by atoms with Gasteiger partial charge in [0.25, 0.3) is 0 Å². The smallest absolute Gasteiger partial charge is 0.222 e. The summed E-state index contributed by atoms with van der Waals surface area (Å²) in [5.41, 5.74) is 1.18. The molecule has 1 heterocycles. The molecule has 0 unspecified atom stereocenters. The van der Waals surface area contributed by atoms with Crippen LogP contribution in [0.3, 0.4) is 0 Å². The summed E-state index contributed by atoms with van der Waals surface area (Å²) in [5.74, 6) is -0.0687. The van der Waals surface area contributed by atoms with E-state index in [0.717, 1.165) is 29.4 Å². The van der Waals surface area contributed by atoms with Crippen molar-refractivity contribution >= 4 is 21.8 Å². The van der Waals surface area contributed by atoms with Crippen molar-refractivity contribution in [3.63, 3.8) is 0 Å². The van der Waals surface area contributed by atoms with Crippen LogP contribution in [0.4, 0.5) is 4.39 Å². The second-order valence-electron chi connectivity index (χ2n) is 5.97. The van der Waals surface area contributed by atoms with E-state index < -0.39 is 0 Å². The maximum Gasteiger partial charge on any atom is 0.222 e. The fraction of sp³-hybridized carbons (Fsp3) is 0.533. The molecule has 0 bridgehead atoms. The topological polar surface area (TPSA) is 20.3 Å². The van der Waals surface area contributed by atoms with Crippen LogP contribution in [0.25, 0.3) is 0 Å². The van der Waals surface area contributed by atoms with Gasteiger partial charge in [0, 0.05) is 24.0 Å². The predicted octanol–water partition coefficient (Wildman–Crippen LogP) is 4.13. The zero-order valence-electron chi connectivity index (χ0n) is 11.4. The first-order chi connectivity index (χ1) is 8.87. The standard InChI is InChI=1S/C15H19BrFNO/c1-15(2)6-5-14(19)18(8-7-15)10-11-3-4-12(17)9-13(11)16/h3-4,9H,5-8,10H2,1-2H3. The molecule has 0 saturated carbocycles. The highest BCUT2D eigenvalue weighted by molar-refractivity contribution is 9.10. The molecule has 0 aromatic heterocycles. The van der Waals surface area contributed by atoms with Crippen molar-refractivity contribution in [3.05, 3.63) is 34.1 Å². The first-order valence-corrected chi connectivity index (χ1v) is 7.38. The van der Waals surface area contributed by atoms with Crippen LogP contribution < -0.4 is 0 Å². The summed E-state index contributed by atoms with van der Waals surface area (Å²) in [4.78, 5) is 14.0. The molecule has 1 fully saturated rings. The zero-order valence-corrected chi connectivity index (χ0v) is 13.0. The Morgan fingerprint density at radius 3 is 2.79 bits per heavy atom. The number of benzene rings is 1. The number of carbonyl (C=O) groups excluding carboxylic acids is 1. The van der Waals surface area contributed by atoms with E-state index in [-0.39, 0.29) is 17.1 Å². The molecule has 104 valence electrons. The van der Waals surface area contributed by atoms with Crippen LogP contribution in [0.5, 0.6) is 0 Å². The van der Waals surface area contributed by atoms with Gasteiger partial charge in [-0.25, -0.2) is 4.39 Å². The Morgan fingerprint density at radius 2 is 2.11 bits per heavy atom. The summed E-state index contributed by atoms with van der Waals surface area (Å²) in [6.07, 6.45) is 2.55. The van der Waals surface area contributed by atoms with Crippen LogP contribution >= 0.6 is 15.9 Å². The molecule has 0 radical (unpaired) electrons. The average molecular weight is 328 g/mol. The van der Waals surface area contributed by atoms with Gasteiger partial charge in [-0.3, -0.25) is 4.79 Å². The van der Waals surface area contributed by atoms with Crippen LogP contribution in [0, 0.1) is 11.2 Å². The molecular weight excluding hydrogens is 309 g/mol. The maximum atomic E-state index is 13.1. The van der Waals surface area contributed by atoms with Crippen molar-refractivity contribution in [3.8, 4) is 0 Å². The summed E-state index contributed by atoms with van der Waals surface area (Å²) >= 11 is 3.36. The molecule has 1 amide bonds. The van der Waals surface area contributed by atoms with E-state index in [1.807, 2.05) is 4.90 Å². The third-order valence-corrected chi connectivity index (χ3v) is 4.54. The number of halogens is 2. The van der Waals surface area contributed by atoms with Gasteiger partial charge in [-0.2, -0.15) is 0 Å². The normalized spacial score (nSPS) is 19.4. The second-order valence-corrected chi connectivity index (χ2v) is 6.82. The summed E-state index contributed by atoms with van der Waals surface area (Å²) in [6.45, 7) is 5.74. The molecule has 1 saturated heterocycles. The molecule has 1 aliphatic rings. The van der Waals surface area contributed by atoms with Gasteiger partial charge in [0.15, 0.2) is 0 Å². The maximum absolute atomic E-state index is 13.1. The van der Waals surface area contributed by atoms with Gasteiger partial charge in [0.2, 0.25) is 5.91 Å². The van der Waals surface area contributed by atoms with Crippen molar-refractivity contribution in [2.75, 3.05) is 6.54 Å². The molecule has 1 aliphatic heterocycles. The van der Waals surface area contributed by atoms with Gasteiger partial charge in [-0.05, 0) is 36.0 Å². The molecule has 2 nitrogen and oxygen atoms in total. The Labute approximate surface area is 122 Å². The number of nitrogens with zero attached hydrogens (tertiary/aromatic N) is 1. The summed E-state index contributed by atoms with van der Waals surface area (Å²) < 4.78 is 13.8. The fourth-order valence-electron chi connectivity index (χ4n) is 2.31. The number of hydrogen-bond acceptors (Lipinski definition) is 1. The van der Waals surface area contributed by atoms with Crippen LogP contribution in [0.2, 0.25) is 0 Å². The van der Waals surface area contributed by atoms with E-state index in [1.54, 1.807) is 6.07 Å². The molecule has 0 N–H and O–H groups in total. The van der Waals surface area contributed by atoms with Crippen molar-refractivity contribution < 1.29 is 9.18 Å². The number of amides is 1. The third kappa shape index (κ3) is 3.78. The lowest BCUT2D eigenvalue weighted by molar-refractivity contribution is -0.131. The van der Waals surface area contributed by atoms with Crippen LogP contribution in [0.15, 0.2) is 22.7 Å². The highest BCUT2D eigenvalue weighted by atomic mass is 79.9. The molecular formula is C15H19BrFNO. The lowest BCUT2D eigenvalue weighted by atomic mass is 9.85. The Morgan fingerprint density at radius 1 is 1.37 bits per heavy atom. The number of rotatable bonds is 2. The van der Waals surface area contributed by atoms with Crippen LogP contribution in [-0.4, -0.2) is 17.4 Å². The second kappa shape index (κ2) is 5.61. The molecule has 19 heavy (non-hydrogen) atoms. The van der Waals surface area contributed by atoms with Crippen molar-refractivity contribution in [1.29, 1.82) is 0 Å². The predicted molar refractivity (Wildman–Crippen MR) is 77.1 cm³/mol. The Bertz CT molecular complexity index is 487. The van der Waals surface area contributed by atoms with Crippen molar-refractivity contribution in [2.24, 2.45) is 5.41 Å². The molecule has 1 aromatic carbocycles. The highest BCUT2D eigenvalue weighted by Gasteiger charge is 2.27. The molecule has 0 atom stereocenters. The molecule has 4 heteroatoms. The molecule has 0 spiro atoms. The van der Waals surface area contributed by atoms with Gasteiger partial charge >= 0.3 is 0 Å². The third-order valence-electron chi connectivity index (χ3n) is 3.80. The van der Waals surface area contributed by atoms with Gasteiger partial charge in [-0.15, -0.1) is 0 Å². The van der Waals surface area contributed by atoms with E-state index in [4.69, 9.17) is 0 Å². The Balaban J connectivity index is 2.11. The van der Waals surface area contributed by atoms with E-state index in [9.17, 15) is 9.18 Å². The largest absolute Gasteiger partial charge is 0.338 e. The minimum atomic E-state index is -0.265. The number of likely N-dealkylation sites (tertiary alicyclic amines) is 1. The van der Waals surface area contributed by atoms with Gasteiger partial charge < -0.3 is 4.90 Å². The SMILES string of the molecule is CC1(C)CCC(=O)N(Cc2ccc(F)cc2Br)CC1. The summed E-state index contributed by atoms with van der Waals surface area (Å²) in [7, 11) is 0. The van der Waals surface area contributed by atoms with Gasteiger partial charge in [0.05, 0.1) is 0 Å². The lowest BCUT2D eigenvalue weighted by Crippen LogP contribution is -2.30. The minimum Gasteiger partial charge on any atom is -0.338 e. The summed E-state index contributed by atoms with van der Waals surface area (Å²) in [5, 5.41) is 0. The van der Waals surface area contributed by atoms with E-state index in [1.165, 1.54) is 12.1 Å². The Kier molecular flexibility index (Phi) is 4.29. The molecule has 0 aliphatic carbocycles. The van der Waals surface area contributed by atoms with E-state index in [0.29, 0.717) is 13.0 Å². The van der Waals surface area contributed by atoms with Crippen molar-refractivity contribution in [1.82, 2.24) is 4.90 Å². The van der Waals surface area contributed by atoms with Crippen LogP contribution in [-0.2, 0) is 11.3 Å². The Hall–Kier alpha value is -0.900. The highest BCUT2D eigenvalue weighted by Crippen LogP contribution is 2.31. The zero-order chi connectivity index (χ0) is 14.0. The average Bonchev–Trinajstić information content (AvgIpc) is 2.45. The lowest BCUT2D eigenvalue weighted by Gasteiger charge is -2.23. The number of carbonyl (C=O) groups is 1. The molecule has 1 aromatic rings. The monoisotopic (exact) mass is 327 g/mol. The van der Waals surface area contributed by atoms with Gasteiger partial charge in [0.1, 0.15) is 5.82 Å². The number of hydrogen-bond donors (Lipinski definition) is 0. The van der Waals surface area contributed by atoms with Crippen molar-refractivity contribution in [2.45, 2.75) is 39.7 Å². The van der Waals surface area contributed by atoms with Crippen LogP contribution in [0.1, 0.15) is 38.7 Å². The van der Waals surface area contributed by atoms with Gasteiger partial charge in [-0.1, -0.05) is 35.8 Å². The first kappa shape index (κ1) is 14.5.